The molecular weight excluding hydrogens is 765 g/mol. The van der Waals surface area contributed by atoms with Gasteiger partial charge in [0.25, 0.3) is 0 Å². The highest BCUT2D eigenvalue weighted by atomic mass is 32.3. The van der Waals surface area contributed by atoms with E-state index >= 15 is 0 Å². The standard InChI is InChI=1S/C37H48O8S6/c1-7-31(38)43-26(3)35(40-19-17-33-48-22-46-23-49-33)44-30-15-11-28(12-16-30)36(4,5)27-9-13-29(14-10-27)41-21-37(6,45-32(39)8-2)42-20-18-34-50-24-47-25-51-34/h7-16,26,33-35H,1-2,17-25H2,3-6H3. The average Bonchev–Trinajstić information content (AvgIpc) is 3.14. The van der Waals surface area contributed by atoms with Crippen LogP contribution in [0.4, 0.5) is 0 Å². The van der Waals surface area contributed by atoms with Crippen molar-refractivity contribution < 1.29 is 38.0 Å². The first kappa shape index (κ1) is 42.2. The van der Waals surface area contributed by atoms with E-state index in [9.17, 15) is 9.59 Å². The Balaban J connectivity index is 1.35. The minimum absolute atomic E-state index is 0.0331. The molecule has 8 nitrogen and oxygen atoms in total. The van der Waals surface area contributed by atoms with Crippen molar-refractivity contribution in [2.45, 2.75) is 73.3 Å². The first-order valence-electron chi connectivity index (χ1n) is 16.6. The van der Waals surface area contributed by atoms with E-state index in [0.29, 0.717) is 33.9 Å². The van der Waals surface area contributed by atoms with Crippen LogP contribution in [0.15, 0.2) is 73.8 Å². The van der Waals surface area contributed by atoms with E-state index in [1.165, 1.54) is 0 Å². The van der Waals surface area contributed by atoms with E-state index in [0.717, 1.165) is 56.5 Å². The summed E-state index contributed by atoms with van der Waals surface area (Å²) >= 11 is 11.6. The van der Waals surface area contributed by atoms with E-state index in [1.807, 2.05) is 119 Å². The fourth-order valence-electron chi connectivity index (χ4n) is 4.99. The van der Waals surface area contributed by atoms with Gasteiger partial charge in [0, 0.05) is 44.8 Å². The van der Waals surface area contributed by atoms with Crippen molar-refractivity contribution in [3.05, 3.63) is 85.0 Å². The first-order valence-corrected chi connectivity index (χ1v) is 23.1. The zero-order valence-electron chi connectivity index (χ0n) is 29.6. The maximum absolute atomic E-state index is 12.1. The third-order valence-corrected chi connectivity index (χ3v) is 16.9. The number of hydrogen-bond donors (Lipinski definition) is 0. The molecule has 280 valence electrons. The van der Waals surface area contributed by atoms with Crippen molar-refractivity contribution in [1.82, 2.24) is 0 Å². The lowest BCUT2D eigenvalue weighted by Gasteiger charge is -2.30. The molecule has 0 bridgehead atoms. The van der Waals surface area contributed by atoms with Crippen molar-refractivity contribution in [1.29, 1.82) is 0 Å². The molecule has 0 N–H and O–H groups in total. The number of ether oxygens (including phenoxy) is 6. The van der Waals surface area contributed by atoms with E-state index in [2.05, 4.69) is 27.0 Å². The van der Waals surface area contributed by atoms with Gasteiger partial charge < -0.3 is 28.4 Å². The van der Waals surface area contributed by atoms with Crippen LogP contribution < -0.4 is 9.47 Å². The topological polar surface area (TPSA) is 89.5 Å². The molecule has 2 aliphatic rings. The Morgan fingerprint density at radius 3 is 1.82 bits per heavy atom. The highest BCUT2D eigenvalue weighted by molar-refractivity contribution is 8.32. The molecular formula is C37H48O8S6. The van der Waals surface area contributed by atoms with Crippen molar-refractivity contribution in [2.75, 3.05) is 40.2 Å². The second-order valence-electron chi connectivity index (χ2n) is 12.3. The lowest BCUT2D eigenvalue weighted by molar-refractivity contribution is -0.230. The van der Waals surface area contributed by atoms with Crippen LogP contribution in [-0.2, 0) is 34.0 Å². The van der Waals surface area contributed by atoms with Crippen LogP contribution in [0.3, 0.4) is 0 Å². The molecule has 2 aromatic carbocycles. The van der Waals surface area contributed by atoms with Crippen molar-refractivity contribution in [3.8, 4) is 11.5 Å². The molecule has 2 fully saturated rings. The van der Waals surface area contributed by atoms with Gasteiger partial charge in [0.05, 0.1) is 22.4 Å². The maximum atomic E-state index is 12.1. The average molecular weight is 813 g/mol. The van der Waals surface area contributed by atoms with Crippen LogP contribution in [0.5, 0.6) is 11.5 Å². The summed E-state index contributed by atoms with van der Waals surface area (Å²) in [5.74, 6) is -1.10. The SMILES string of the molecule is C=CC(=O)OC(C)C(OCCC1SCSCS1)Oc1ccc(C(C)(C)c2ccc(OCC(C)(OCCC3SCSCS3)OC(=O)C=C)cc2)cc1. The Kier molecular flexibility index (Phi) is 17.7. The van der Waals surface area contributed by atoms with Crippen LogP contribution in [0, 0.1) is 0 Å². The Hall–Kier alpha value is -1.52. The molecule has 0 spiro atoms. The second-order valence-corrected chi connectivity index (χ2v) is 21.0. The van der Waals surface area contributed by atoms with Gasteiger partial charge >= 0.3 is 11.9 Å². The van der Waals surface area contributed by atoms with Crippen LogP contribution >= 0.6 is 70.6 Å². The summed E-state index contributed by atoms with van der Waals surface area (Å²) in [7, 11) is 0. The monoisotopic (exact) mass is 812 g/mol. The van der Waals surface area contributed by atoms with E-state index < -0.39 is 30.1 Å². The summed E-state index contributed by atoms with van der Waals surface area (Å²) in [6.45, 7) is 15.8. The third-order valence-electron chi connectivity index (χ3n) is 7.99. The number of rotatable bonds is 20. The predicted molar refractivity (Wildman–Crippen MR) is 219 cm³/mol. The van der Waals surface area contributed by atoms with Crippen molar-refractivity contribution in [2.24, 2.45) is 0 Å². The quantitative estimate of drug-likeness (QED) is 0.0723. The number of benzene rings is 2. The summed E-state index contributed by atoms with van der Waals surface area (Å²) in [6, 6.07) is 15.8. The van der Waals surface area contributed by atoms with Crippen LogP contribution in [-0.4, -0.2) is 79.4 Å². The summed E-state index contributed by atoms with van der Waals surface area (Å²) in [5.41, 5.74) is 1.84. The molecule has 2 aromatic rings. The summed E-state index contributed by atoms with van der Waals surface area (Å²) < 4.78 is 36.5. The van der Waals surface area contributed by atoms with Crippen LogP contribution in [0.2, 0.25) is 0 Å². The van der Waals surface area contributed by atoms with Gasteiger partial charge in [-0.15, -0.1) is 70.6 Å². The fourth-order valence-corrected chi connectivity index (χ4v) is 14.5. The van der Waals surface area contributed by atoms with Gasteiger partial charge in [0.1, 0.15) is 11.5 Å². The molecule has 0 aromatic heterocycles. The van der Waals surface area contributed by atoms with Gasteiger partial charge in [-0.3, -0.25) is 0 Å². The largest absolute Gasteiger partial charge is 0.487 e. The molecule has 2 saturated heterocycles. The van der Waals surface area contributed by atoms with E-state index in [4.69, 9.17) is 28.4 Å². The first-order chi connectivity index (χ1) is 24.5. The molecule has 4 rings (SSSR count). The molecule has 0 aliphatic carbocycles. The van der Waals surface area contributed by atoms with Crippen molar-refractivity contribution in [3.63, 3.8) is 0 Å². The van der Waals surface area contributed by atoms with Gasteiger partial charge in [-0.25, -0.2) is 9.59 Å². The molecule has 0 radical (unpaired) electrons. The normalized spacial score (nSPS) is 18.1. The second kappa shape index (κ2) is 21.4. The smallest absolute Gasteiger partial charge is 0.332 e. The summed E-state index contributed by atoms with van der Waals surface area (Å²) in [6.07, 6.45) is 2.60. The fraction of sp³-hybridized carbons (Fsp3) is 0.514. The number of carbonyl (C=O) groups is 2. The van der Waals surface area contributed by atoms with Crippen LogP contribution in [0.1, 0.15) is 51.7 Å². The molecule has 14 heteroatoms. The van der Waals surface area contributed by atoms with Gasteiger partial charge in [-0.1, -0.05) is 51.3 Å². The minimum Gasteiger partial charge on any atom is -0.487 e. The van der Waals surface area contributed by atoms with Crippen molar-refractivity contribution >= 4 is 82.5 Å². The lowest BCUT2D eigenvalue weighted by Crippen LogP contribution is -2.41. The Morgan fingerprint density at radius 1 is 0.784 bits per heavy atom. The molecule has 3 unspecified atom stereocenters. The molecule has 51 heavy (non-hydrogen) atoms. The number of hydrogen-bond acceptors (Lipinski definition) is 14. The number of esters is 2. The van der Waals surface area contributed by atoms with Crippen LogP contribution in [0.25, 0.3) is 0 Å². The van der Waals surface area contributed by atoms with Gasteiger partial charge in [0.2, 0.25) is 12.1 Å². The molecule has 0 saturated carbocycles. The number of carbonyl (C=O) groups excluding carboxylic acids is 2. The summed E-state index contributed by atoms with van der Waals surface area (Å²) in [4.78, 5) is 24.1. The third kappa shape index (κ3) is 14.0. The predicted octanol–water partition coefficient (Wildman–Crippen LogP) is 9.38. The van der Waals surface area contributed by atoms with Gasteiger partial charge in [-0.05, 0) is 55.2 Å². The van der Waals surface area contributed by atoms with Gasteiger partial charge in [0.15, 0.2) is 12.7 Å². The zero-order valence-corrected chi connectivity index (χ0v) is 34.5. The molecule has 0 amide bonds. The lowest BCUT2D eigenvalue weighted by atomic mass is 9.78. The van der Waals surface area contributed by atoms with E-state index in [-0.39, 0.29) is 12.0 Å². The van der Waals surface area contributed by atoms with E-state index in [1.54, 1.807) is 13.8 Å². The zero-order chi connectivity index (χ0) is 36.7. The Labute approximate surface area is 328 Å². The number of thioether (sulfide) groups is 6. The minimum atomic E-state index is -1.26. The molecule has 2 aliphatic heterocycles. The highest BCUT2D eigenvalue weighted by Gasteiger charge is 2.32. The Bertz CT molecular complexity index is 1400. The Morgan fingerprint density at radius 2 is 1.29 bits per heavy atom. The van der Waals surface area contributed by atoms with Gasteiger partial charge in [-0.2, -0.15) is 0 Å². The highest BCUT2D eigenvalue weighted by Crippen LogP contribution is 2.39. The molecule has 3 atom stereocenters. The molecule has 2 heterocycles. The summed E-state index contributed by atoms with van der Waals surface area (Å²) in [5, 5.41) is 4.35. The maximum Gasteiger partial charge on any atom is 0.332 e.